The van der Waals surface area contributed by atoms with E-state index in [1.54, 1.807) is 0 Å². The van der Waals surface area contributed by atoms with Crippen molar-refractivity contribution in [1.82, 2.24) is 0 Å². The topological polar surface area (TPSA) is 237 Å². The molecule has 0 aromatic carbocycles. The molecule has 2 unspecified atom stereocenters. The minimum atomic E-state index is -4.94. The van der Waals surface area contributed by atoms with Crippen LogP contribution in [-0.4, -0.2) is 96.7 Å². The first-order valence-corrected chi connectivity index (χ1v) is 36.6. The first-order chi connectivity index (χ1) is 40.0. The van der Waals surface area contributed by atoms with Crippen LogP contribution in [0.15, 0.2) is 0 Å². The van der Waals surface area contributed by atoms with E-state index >= 15 is 0 Å². The number of hydrogen-bond donors (Lipinski definition) is 3. The Hall–Kier alpha value is -1.94. The molecule has 0 amide bonds. The third kappa shape index (κ3) is 58.8. The van der Waals surface area contributed by atoms with E-state index in [1.165, 1.54) is 128 Å². The lowest BCUT2D eigenvalue weighted by Gasteiger charge is -2.21. The molecule has 0 heterocycles. The molecule has 0 aliphatic heterocycles. The number of esters is 4. The van der Waals surface area contributed by atoms with Crippen LogP contribution in [-0.2, 0) is 65.4 Å². The summed E-state index contributed by atoms with van der Waals surface area (Å²) in [6.07, 6.45) is 41.9. The number of hydrogen-bond acceptors (Lipinski definition) is 15. The number of carbonyl (C=O) groups is 4. The van der Waals surface area contributed by atoms with E-state index in [0.29, 0.717) is 31.6 Å². The zero-order chi connectivity index (χ0) is 61.3. The maximum Gasteiger partial charge on any atom is 0.472 e. The Balaban J connectivity index is 5.17. The number of aliphatic hydroxyl groups excluding tert-OH is 1. The van der Waals surface area contributed by atoms with Crippen molar-refractivity contribution in [3.63, 3.8) is 0 Å². The monoisotopic (exact) mass is 1230 g/mol. The quantitative estimate of drug-likeness (QED) is 0.0222. The van der Waals surface area contributed by atoms with Crippen LogP contribution < -0.4 is 0 Å². The number of carbonyl (C=O) groups excluding carboxylic acids is 4. The van der Waals surface area contributed by atoms with E-state index in [0.717, 1.165) is 109 Å². The summed E-state index contributed by atoms with van der Waals surface area (Å²) >= 11 is 0. The molecule has 0 aliphatic carbocycles. The van der Waals surface area contributed by atoms with Gasteiger partial charge in [-0.15, -0.1) is 0 Å². The third-order valence-corrected chi connectivity index (χ3v) is 16.7. The Bertz CT molecular complexity index is 1620. The van der Waals surface area contributed by atoms with Crippen molar-refractivity contribution in [2.45, 2.75) is 342 Å². The summed E-state index contributed by atoms with van der Waals surface area (Å²) in [5.74, 6) is -1.43. The molecule has 492 valence electrons. The summed E-state index contributed by atoms with van der Waals surface area (Å²) in [4.78, 5) is 72.0. The summed E-state index contributed by atoms with van der Waals surface area (Å²) in [6, 6.07) is 0. The van der Waals surface area contributed by atoms with Crippen molar-refractivity contribution in [3.05, 3.63) is 0 Å². The molecule has 0 aromatic heterocycles. The highest BCUT2D eigenvalue weighted by molar-refractivity contribution is 7.47. The normalized spacial score (nSPS) is 14.2. The number of phosphoric acid groups is 2. The molecule has 19 heteroatoms. The molecule has 0 aliphatic rings. The number of phosphoric ester groups is 2. The van der Waals surface area contributed by atoms with Gasteiger partial charge >= 0.3 is 39.5 Å². The summed E-state index contributed by atoms with van der Waals surface area (Å²) in [6.45, 7) is 7.09. The van der Waals surface area contributed by atoms with Crippen LogP contribution in [0, 0.1) is 5.92 Å². The van der Waals surface area contributed by atoms with E-state index in [4.69, 9.17) is 37.0 Å². The van der Waals surface area contributed by atoms with Gasteiger partial charge in [-0.25, -0.2) is 9.13 Å². The highest BCUT2D eigenvalue weighted by Gasteiger charge is 2.30. The molecule has 0 fully saturated rings. The first-order valence-electron chi connectivity index (χ1n) is 33.6. The van der Waals surface area contributed by atoms with Gasteiger partial charge in [0.2, 0.25) is 0 Å². The zero-order valence-corrected chi connectivity index (χ0v) is 55.1. The SMILES string of the molecule is CCCCCCCCCCCCCCCCCCCC(=O)O[C@H](COC(=O)CCCCCCCCCC(C)C)COP(=O)(O)OC[C@@H](O)COP(=O)(O)OC[C@@H](COC(=O)CCCCCCCCCC)OC(=O)CCCCCCCCCC. The Morgan fingerprint density at radius 3 is 0.819 bits per heavy atom. The van der Waals surface area contributed by atoms with E-state index < -0.39 is 97.5 Å². The van der Waals surface area contributed by atoms with Crippen LogP contribution in [0.1, 0.15) is 324 Å². The molecule has 83 heavy (non-hydrogen) atoms. The second-order valence-electron chi connectivity index (χ2n) is 23.6. The van der Waals surface area contributed by atoms with E-state index in [1.807, 2.05) is 0 Å². The largest absolute Gasteiger partial charge is 0.472 e. The Morgan fingerprint density at radius 1 is 0.325 bits per heavy atom. The summed E-state index contributed by atoms with van der Waals surface area (Å²) in [5.41, 5.74) is 0. The molecular weight excluding hydrogens is 1100 g/mol. The smallest absolute Gasteiger partial charge is 0.462 e. The molecule has 0 saturated carbocycles. The van der Waals surface area contributed by atoms with Gasteiger partial charge in [-0.2, -0.15) is 0 Å². The fraction of sp³-hybridized carbons (Fsp3) is 0.938. The standard InChI is InChI=1S/C64H124O17P2/c1-6-9-12-15-18-21-22-23-24-25-26-27-28-29-34-40-45-50-64(69)81-60(54-75-62(67)48-43-38-35-30-31-36-41-46-57(4)5)56-79-83(72,73)77-52-58(65)51-76-82(70,71)78-55-59(80-63(68)49-44-39-33-20-17-14-11-8-3)53-74-61(66)47-42-37-32-19-16-13-10-7-2/h57-60,65H,6-56H2,1-5H3,(H,70,71)(H,72,73)/t58-,59+,60+/m0/s1. The third-order valence-electron chi connectivity index (χ3n) is 14.8. The summed E-state index contributed by atoms with van der Waals surface area (Å²) in [5, 5.41) is 10.5. The minimum Gasteiger partial charge on any atom is -0.462 e. The molecule has 0 rings (SSSR count). The van der Waals surface area contributed by atoms with E-state index in [2.05, 4.69) is 34.6 Å². The lowest BCUT2D eigenvalue weighted by atomic mass is 10.0. The fourth-order valence-electron chi connectivity index (χ4n) is 9.58. The van der Waals surface area contributed by atoms with Gasteiger partial charge in [0, 0.05) is 25.7 Å². The number of ether oxygens (including phenoxy) is 4. The molecule has 0 radical (unpaired) electrons. The van der Waals surface area contributed by atoms with Crippen molar-refractivity contribution >= 4 is 39.5 Å². The Morgan fingerprint density at radius 2 is 0.554 bits per heavy atom. The van der Waals surface area contributed by atoms with Crippen molar-refractivity contribution in [2.24, 2.45) is 5.92 Å². The van der Waals surface area contributed by atoms with Crippen LogP contribution in [0.4, 0.5) is 0 Å². The van der Waals surface area contributed by atoms with Gasteiger partial charge in [-0.1, -0.05) is 272 Å². The average molecular weight is 1230 g/mol. The summed E-state index contributed by atoms with van der Waals surface area (Å²) in [7, 11) is -9.88. The minimum absolute atomic E-state index is 0.105. The highest BCUT2D eigenvalue weighted by atomic mass is 31.2. The lowest BCUT2D eigenvalue weighted by Crippen LogP contribution is -2.30. The highest BCUT2D eigenvalue weighted by Crippen LogP contribution is 2.45. The van der Waals surface area contributed by atoms with E-state index in [-0.39, 0.29) is 25.7 Å². The molecule has 17 nitrogen and oxygen atoms in total. The van der Waals surface area contributed by atoms with Crippen LogP contribution in [0.2, 0.25) is 0 Å². The zero-order valence-electron chi connectivity index (χ0n) is 53.3. The van der Waals surface area contributed by atoms with Crippen LogP contribution in [0.3, 0.4) is 0 Å². The Labute approximate surface area is 505 Å². The fourth-order valence-corrected chi connectivity index (χ4v) is 11.2. The van der Waals surface area contributed by atoms with Crippen LogP contribution >= 0.6 is 15.6 Å². The number of rotatable bonds is 64. The molecule has 0 spiro atoms. The molecule has 0 saturated heterocycles. The predicted octanol–water partition coefficient (Wildman–Crippen LogP) is 17.8. The van der Waals surface area contributed by atoms with E-state index in [9.17, 15) is 43.2 Å². The second kappa shape index (κ2) is 57.8. The summed E-state index contributed by atoms with van der Waals surface area (Å²) < 4.78 is 67.9. The number of aliphatic hydroxyl groups is 1. The lowest BCUT2D eigenvalue weighted by molar-refractivity contribution is -0.161. The molecule has 0 bridgehead atoms. The van der Waals surface area contributed by atoms with Crippen molar-refractivity contribution in [2.75, 3.05) is 39.6 Å². The average Bonchev–Trinajstić information content (AvgIpc) is 3.48. The Kier molecular flexibility index (Phi) is 56.4. The molecule has 3 N–H and O–H groups in total. The molecule has 0 aromatic rings. The van der Waals surface area contributed by atoms with Gasteiger partial charge in [0.1, 0.15) is 19.3 Å². The molecule has 5 atom stereocenters. The van der Waals surface area contributed by atoms with Gasteiger partial charge < -0.3 is 33.8 Å². The predicted molar refractivity (Wildman–Crippen MR) is 331 cm³/mol. The van der Waals surface area contributed by atoms with Crippen LogP contribution in [0.5, 0.6) is 0 Å². The van der Waals surface area contributed by atoms with Gasteiger partial charge in [-0.05, 0) is 31.6 Å². The van der Waals surface area contributed by atoms with Crippen molar-refractivity contribution in [1.29, 1.82) is 0 Å². The van der Waals surface area contributed by atoms with Gasteiger partial charge in [0.05, 0.1) is 26.4 Å². The van der Waals surface area contributed by atoms with Gasteiger partial charge in [0.25, 0.3) is 0 Å². The van der Waals surface area contributed by atoms with Crippen molar-refractivity contribution < 1.29 is 80.2 Å². The molecular formula is C64H124O17P2. The van der Waals surface area contributed by atoms with Crippen molar-refractivity contribution in [3.8, 4) is 0 Å². The first kappa shape index (κ1) is 81.1. The van der Waals surface area contributed by atoms with Gasteiger partial charge in [-0.3, -0.25) is 37.3 Å². The maximum atomic E-state index is 13.0. The van der Waals surface area contributed by atoms with Crippen LogP contribution in [0.25, 0.3) is 0 Å². The van der Waals surface area contributed by atoms with Gasteiger partial charge in [0.15, 0.2) is 12.2 Å². The number of unbranched alkanes of at least 4 members (excludes halogenated alkanes) is 36. The second-order valence-corrected chi connectivity index (χ2v) is 26.5. The maximum absolute atomic E-state index is 13.0.